The summed E-state index contributed by atoms with van der Waals surface area (Å²) in [5.74, 6) is 1.66. The number of ether oxygens (including phenoxy) is 2. The molecule has 0 aliphatic heterocycles. The molecular formula is C25H23BrCl2N2O3S. The van der Waals surface area contributed by atoms with Gasteiger partial charge in [-0.1, -0.05) is 59.6 Å². The Morgan fingerprint density at radius 3 is 2.59 bits per heavy atom. The number of hydrazone groups is 1. The number of carbonyl (C=O) groups excluding carboxylic acids is 1. The van der Waals surface area contributed by atoms with Crippen molar-refractivity contribution in [3.8, 4) is 11.5 Å². The van der Waals surface area contributed by atoms with E-state index in [2.05, 4.69) is 26.5 Å². The summed E-state index contributed by atoms with van der Waals surface area (Å²) in [6, 6.07) is 19.0. The van der Waals surface area contributed by atoms with Gasteiger partial charge in [-0.15, -0.1) is 11.8 Å². The first-order chi connectivity index (χ1) is 16.4. The Balaban J connectivity index is 1.58. The molecule has 9 heteroatoms. The van der Waals surface area contributed by atoms with Gasteiger partial charge in [-0.2, -0.15) is 5.10 Å². The minimum absolute atomic E-state index is 0.162. The summed E-state index contributed by atoms with van der Waals surface area (Å²) in [4.78, 5) is 12.3. The molecule has 0 heterocycles. The van der Waals surface area contributed by atoms with Crippen molar-refractivity contribution >= 4 is 63.0 Å². The molecule has 0 aliphatic rings. The number of benzene rings is 3. The second-order valence-electron chi connectivity index (χ2n) is 7.24. The predicted octanol–water partition coefficient (Wildman–Crippen LogP) is 7.12. The predicted molar refractivity (Wildman–Crippen MR) is 144 cm³/mol. The van der Waals surface area contributed by atoms with E-state index in [9.17, 15) is 4.79 Å². The van der Waals surface area contributed by atoms with E-state index in [1.54, 1.807) is 43.3 Å². The van der Waals surface area contributed by atoms with E-state index in [1.165, 1.54) is 5.56 Å². The van der Waals surface area contributed by atoms with Crippen LogP contribution in [0.5, 0.6) is 11.5 Å². The summed E-state index contributed by atoms with van der Waals surface area (Å²) in [5, 5.41) is 4.81. The lowest BCUT2D eigenvalue weighted by Gasteiger charge is -2.14. The van der Waals surface area contributed by atoms with Crippen LogP contribution in [0.3, 0.4) is 0 Å². The van der Waals surface area contributed by atoms with E-state index in [1.807, 2.05) is 49.4 Å². The van der Waals surface area contributed by atoms with Crippen molar-refractivity contribution in [2.45, 2.75) is 24.5 Å². The average Bonchev–Trinajstić information content (AvgIpc) is 2.84. The molecular weight excluding hydrogens is 559 g/mol. The zero-order valence-corrected chi connectivity index (χ0v) is 22.5. The van der Waals surface area contributed by atoms with Gasteiger partial charge < -0.3 is 9.47 Å². The highest BCUT2D eigenvalue weighted by Gasteiger charge is 2.14. The average molecular weight is 582 g/mol. The fourth-order valence-corrected chi connectivity index (χ4v) is 4.61. The molecule has 0 bridgehead atoms. The maximum atomic E-state index is 12.3. The van der Waals surface area contributed by atoms with E-state index in [0.29, 0.717) is 26.0 Å². The topological polar surface area (TPSA) is 59.9 Å². The molecule has 3 aromatic rings. The van der Waals surface area contributed by atoms with Crippen molar-refractivity contribution in [3.05, 3.63) is 91.9 Å². The summed E-state index contributed by atoms with van der Waals surface area (Å²) in [7, 11) is 1.56. The smallest absolute Gasteiger partial charge is 0.252 e. The molecule has 0 saturated heterocycles. The number of methoxy groups -OCH3 is 1. The molecule has 34 heavy (non-hydrogen) atoms. The van der Waals surface area contributed by atoms with Crippen molar-refractivity contribution in [2.24, 2.45) is 5.10 Å². The van der Waals surface area contributed by atoms with Crippen LogP contribution in [0.25, 0.3) is 0 Å². The van der Waals surface area contributed by atoms with Crippen LogP contribution < -0.4 is 14.9 Å². The maximum Gasteiger partial charge on any atom is 0.252 e. The van der Waals surface area contributed by atoms with Crippen molar-refractivity contribution in [1.29, 1.82) is 0 Å². The Labute approximate surface area is 222 Å². The molecule has 5 nitrogen and oxygen atoms in total. The number of hydrogen-bond donors (Lipinski definition) is 1. The number of carbonyl (C=O) groups is 1. The molecule has 0 fully saturated rings. The fraction of sp³-hybridized carbons (Fsp3) is 0.200. The van der Waals surface area contributed by atoms with Crippen LogP contribution in [0, 0.1) is 0 Å². The quantitative estimate of drug-likeness (QED) is 0.205. The van der Waals surface area contributed by atoms with Gasteiger partial charge >= 0.3 is 0 Å². The van der Waals surface area contributed by atoms with Gasteiger partial charge in [0.2, 0.25) is 0 Å². The van der Waals surface area contributed by atoms with Gasteiger partial charge in [0.05, 0.1) is 33.1 Å². The number of nitrogens with one attached hydrogen (secondary N) is 1. The first-order valence-electron chi connectivity index (χ1n) is 10.3. The van der Waals surface area contributed by atoms with Crippen LogP contribution in [0.1, 0.15) is 23.6 Å². The Morgan fingerprint density at radius 2 is 1.88 bits per heavy atom. The van der Waals surface area contributed by atoms with Gasteiger partial charge in [-0.25, -0.2) is 5.43 Å². The highest BCUT2D eigenvalue weighted by molar-refractivity contribution is 9.10. The van der Waals surface area contributed by atoms with Crippen LogP contribution in [-0.2, 0) is 17.2 Å². The Morgan fingerprint density at radius 1 is 1.12 bits per heavy atom. The lowest BCUT2D eigenvalue weighted by atomic mass is 10.2. The minimum Gasteiger partial charge on any atom is -0.493 e. The zero-order chi connectivity index (χ0) is 24.5. The monoisotopic (exact) mass is 580 g/mol. The third-order valence-corrected chi connectivity index (χ3v) is 7.26. The van der Waals surface area contributed by atoms with Gasteiger partial charge in [-0.05, 0) is 63.8 Å². The van der Waals surface area contributed by atoms with Crippen LogP contribution >= 0.6 is 50.9 Å². The Hall–Kier alpha value is -2.19. The van der Waals surface area contributed by atoms with E-state index < -0.39 is 0 Å². The number of hydrogen-bond acceptors (Lipinski definition) is 5. The molecule has 0 saturated carbocycles. The second-order valence-corrected chi connectivity index (χ2v) is 10.2. The van der Waals surface area contributed by atoms with Crippen molar-refractivity contribution in [3.63, 3.8) is 0 Å². The van der Waals surface area contributed by atoms with Crippen molar-refractivity contribution in [1.82, 2.24) is 5.43 Å². The van der Waals surface area contributed by atoms with E-state index >= 15 is 0 Å². The number of amides is 1. The first kappa shape index (κ1) is 26.4. The Bertz CT molecular complexity index is 1160. The maximum absolute atomic E-state index is 12.3. The first-order valence-corrected chi connectivity index (χ1v) is 12.9. The molecule has 0 radical (unpaired) electrons. The minimum atomic E-state index is -0.240. The SMILES string of the molecule is COc1cc(/C=N\NC(=O)[C@H](C)SCc2ccccc2)cc(Br)c1OCc1ccc(Cl)c(Cl)c1. The molecule has 0 aromatic heterocycles. The Kier molecular flexibility index (Phi) is 10.1. The lowest BCUT2D eigenvalue weighted by Crippen LogP contribution is -2.27. The molecule has 178 valence electrons. The largest absolute Gasteiger partial charge is 0.493 e. The van der Waals surface area contributed by atoms with Crippen molar-refractivity contribution < 1.29 is 14.3 Å². The lowest BCUT2D eigenvalue weighted by molar-refractivity contribution is -0.120. The second kappa shape index (κ2) is 13.0. The molecule has 0 spiro atoms. The molecule has 1 amide bonds. The molecule has 3 rings (SSSR count). The summed E-state index contributed by atoms with van der Waals surface area (Å²) >= 11 is 17.1. The zero-order valence-electron chi connectivity index (χ0n) is 18.6. The third kappa shape index (κ3) is 7.67. The number of nitrogens with zero attached hydrogens (tertiary/aromatic N) is 1. The fourth-order valence-electron chi connectivity index (χ4n) is 2.87. The highest BCUT2D eigenvalue weighted by Crippen LogP contribution is 2.37. The standard InChI is InChI=1S/C25H23BrCl2N2O3S/c1-16(34-15-17-6-4-3-5-7-17)25(31)30-29-13-19-10-20(26)24(23(12-19)32-2)33-14-18-8-9-21(27)22(28)11-18/h3-13,16H,14-15H2,1-2H3,(H,30,31)/b29-13-/t16-/m0/s1. The van der Waals surface area contributed by atoms with Crippen molar-refractivity contribution in [2.75, 3.05) is 7.11 Å². The number of rotatable bonds is 10. The molecule has 1 atom stereocenters. The van der Waals surface area contributed by atoms with E-state index in [-0.39, 0.29) is 17.8 Å². The van der Waals surface area contributed by atoms with E-state index in [0.717, 1.165) is 16.9 Å². The van der Waals surface area contributed by atoms with Crippen LogP contribution in [-0.4, -0.2) is 24.5 Å². The normalized spacial score (nSPS) is 11.9. The van der Waals surface area contributed by atoms with Gasteiger partial charge in [0.15, 0.2) is 11.5 Å². The molecule has 0 unspecified atom stereocenters. The molecule has 0 aliphatic carbocycles. The third-order valence-electron chi connectivity index (χ3n) is 4.72. The van der Waals surface area contributed by atoms with Crippen LogP contribution in [0.4, 0.5) is 0 Å². The summed E-state index contributed by atoms with van der Waals surface area (Å²) in [5.41, 5.74) is 5.37. The molecule has 1 N–H and O–H groups in total. The van der Waals surface area contributed by atoms with E-state index in [4.69, 9.17) is 32.7 Å². The van der Waals surface area contributed by atoms with Gasteiger partial charge in [-0.3, -0.25) is 4.79 Å². The molecule has 3 aromatic carbocycles. The van der Waals surface area contributed by atoms with Gasteiger partial charge in [0.1, 0.15) is 6.61 Å². The number of thioether (sulfide) groups is 1. The summed E-state index contributed by atoms with van der Waals surface area (Å²) < 4.78 is 12.1. The summed E-state index contributed by atoms with van der Waals surface area (Å²) in [6.07, 6.45) is 1.56. The number of halogens is 3. The van der Waals surface area contributed by atoms with Crippen LogP contribution in [0.15, 0.2) is 70.2 Å². The van der Waals surface area contributed by atoms with Crippen LogP contribution in [0.2, 0.25) is 10.0 Å². The summed E-state index contributed by atoms with van der Waals surface area (Å²) in [6.45, 7) is 2.14. The van der Waals surface area contributed by atoms with Gasteiger partial charge in [0, 0.05) is 5.75 Å². The highest BCUT2D eigenvalue weighted by atomic mass is 79.9. The van der Waals surface area contributed by atoms with Gasteiger partial charge in [0.25, 0.3) is 5.91 Å².